The molecule has 0 amide bonds. The van der Waals surface area contributed by atoms with Crippen molar-refractivity contribution in [2.75, 3.05) is 27.3 Å². The predicted octanol–water partition coefficient (Wildman–Crippen LogP) is 4.32. The van der Waals surface area contributed by atoms with E-state index in [0.29, 0.717) is 30.7 Å². The molecule has 1 aromatic heterocycles. The van der Waals surface area contributed by atoms with Crippen LogP contribution in [0, 0.1) is 23.7 Å². The maximum atomic E-state index is 14.2. The summed E-state index contributed by atoms with van der Waals surface area (Å²) in [7, 11) is 3.71. The Kier molecular flexibility index (Phi) is 17.9. The van der Waals surface area contributed by atoms with Gasteiger partial charge in [-0.25, -0.2) is 0 Å². The van der Waals surface area contributed by atoms with Crippen molar-refractivity contribution in [1.29, 1.82) is 0 Å². The van der Waals surface area contributed by atoms with Crippen molar-refractivity contribution in [3.05, 3.63) is 60.4 Å². The number of aliphatic hydroxyl groups is 4. The number of likely N-dealkylation sites (N-methyl/N-ethyl adjacent to an activating group) is 1. The number of carbonyl (C=O) groups is 2. The number of pyridine rings is 1. The van der Waals surface area contributed by atoms with Crippen LogP contribution < -0.4 is 4.74 Å². The van der Waals surface area contributed by atoms with E-state index in [-0.39, 0.29) is 38.0 Å². The van der Waals surface area contributed by atoms with E-state index >= 15 is 0 Å². The summed E-state index contributed by atoms with van der Waals surface area (Å²) in [5.41, 5.74) is -2.84. The van der Waals surface area contributed by atoms with Crippen molar-refractivity contribution in [3.8, 4) is 5.75 Å². The number of benzene rings is 1. The number of hydrogen-bond donors (Lipinski definition) is 4. The predicted molar refractivity (Wildman–Crippen MR) is 224 cm³/mol. The Morgan fingerprint density at radius 1 is 1.00 bits per heavy atom. The van der Waals surface area contributed by atoms with Crippen molar-refractivity contribution in [2.24, 2.45) is 28.8 Å². The third-order valence-electron chi connectivity index (χ3n) is 12.0. The molecular formula is C45H69N3O12. The highest BCUT2D eigenvalue weighted by molar-refractivity contribution is 5.88. The second-order valence-electron chi connectivity index (χ2n) is 17.4. The Morgan fingerprint density at radius 2 is 1.70 bits per heavy atom. The van der Waals surface area contributed by atoms with Crippen molar-refractivity contribution in [3.63, 3.8) is 0 Å². The first-order valence-electron chi connectivity index (χ1n) is 21.2. The van der Waals surface area contributed by atoms with Crippen LogP contribution in [0.5, 0.6) is 5.75 Å². The summed E-state index contributed by atoms with van der Waals surface area (Å²) in [5, 5.41) is 52.7. The van der Waals surface area contributed by atoms with E-state index in [1.54, 1.807) is 59.1 Å². The van der Waals surface area contributed by atoms with E-state index in [9.17, 15) is 30.0 Å². The molecule has 336 valence electrons. The first kappa shape index (κ1) is 49.0. The quantitative estimate of drug-likeness (QED) is 0.126. The summed E-state index contributed by atoms with van der Waals surface area (Å²) in [5.74, 6) is -4.29. The fourth-order valence-corrected chi connectivity index (χ4v) is 8.60. The molecule has 0 radical (unpaired) electrons. The molecule has 1 aromatic carbocycles. The summed E-state index contributed by atoms with van der Waals surface area (Å²) in [6.07, 6.45) is -3.75. The molecule has 15 heteroatoms. The topological polar surface area (TPSA) is 199 Å². The van der Waals surface area contributed by atoms with E-state index in [0.717, 1.165) is 5.75 Å². The fourth-order valence-electron chi connectivity index (χ4n) is 8.60. The van der Waals surface area contributed by atoms with Crippen LogP contribution >= 0.6 is 0 Å². The summed E-state index contributed by atoms with van der Waals surface area (Å²) < 4.78 is 30.8. The van der Waals surface area contributed by atoms with Crippen LogP contribution in [0.15, 0.2) is 60.0 Å². The van der Waals surface area contributed by atoms with Crippen molar-refractivity contribution < 1.29 is 58.5 Å². The average molecular weight is 844 g/mol. The summed E-state index contributed by atoms with van der Waals surface area (Å²) in [4.78, 5) is 39.7. The molecule has 2 fully saturated rings. The lowest BCUT2D eigenvalue weighted by Crippen LogP contribution is -2.60. The minimum atomic E-state index is -1.97. The molecule has 2 saturated heterocycles. The van der Waals surface area contributed by atoms with E-state index in [1.807, 2.05) is 63.2 Å². The molecule has 0 spiro atoms. The third kappa shape index (κ3) is 12.7. The number of aromatic nitrogens is 1. The zero-order valence-electron chi connectivity index (χ0n) is 37.0. The normalized spacial score (nSPS) is 36.6. The van der Waals surface area contributed by atoms with Crippen LogP contribution in [0.1, 0.15) is 86.6 Å². The van der Waals surface area contributed by atoms with Gasteiger partial charge in [0.05, 0.1) is 48.6 Å². The van der Waals surface area contributed by atoms with Gasteiger partial charge in [0.1, 0.15) is 36.3 Å². The summed E-state index contributed by atoms with van der Waals surface area (Å²) >= 11 is 0. The first-order valence-corrected chi connectivity index (χ1v) is 21.2. The molecule has 4 N–H and O–H groups in total. The first-order chi connectivity index (χ1) is 28.3. The van der Waals surface area contributed by atoms with E-state index < -0.39 is 83.6 Å². The number of ether oxygens (including phenoxy) is 5. The van der Waals surface area contributed by atoms with Crippen LogP contribution in [-0.2, 0) is 39.8 Å². The smallest absolute Gasteiger partial charge is 0.312 e. The van der Waals surface area contributed by atoms with Crippen molar-refractivity contribution >= 4 is 17.7 Å². The Balaban J connectivity index is 1.77. The molecular weight excluding hydrogens is 775 g/mol. The lowest BCUT2D eigenvalue weighted by molar-refractivity contribution is -0.299. The lowest BCUT2D eigenvalue weighted by atomic mass is 9.73. The van der Waals surface area contributed by atoms with Crippen LogP contribution in [0.25, 0.3) is 0 Å². The molecule has 60 heavy (non-hydrogen) atoms. The Bertz CT molecular complexity index is 1660. The summed E-state index contributed by atoms with van der Waals surface area (Å²) in [6, 6.07) is 12.5. The minimum absolute atomic E-state index is 0.0393. The number of aliphatic hydroxyl groups excluding tert-OH is 2. The Labute approximate surface area is 355 Å². The van der Waals surface area contributed by atoms with Crippen LogP contribution in [0.2, 0.25) is 0 Å². The molecule has 0 bridgehead atoms. The Hall–Kier alpha value is -3.70. The number of cyclic esters (lactones) is 1. The van der Waals surface area contributed by atoms with Crippen LogP contribution in [0.4, 0.5) is 0 Å². The zero-order valence-corrected chi connectivity index (χ0v) is 37.0. The molecule has 4 rings (SSSR count). The van der Waals surface area contributed by atoms with Crippen LogP contribution in [0.3, 0.4) is 0 Å². The highest BCUT2D eigenvalue weighted by Gasteiger charge is 2.52. The number of nitrogens with zero attached hydrogens (tertiary/aromatic N) is 3. The summed E-state index contributed by atoms with van der Waals surface area (Å²) in [6.45, 7) is 13.9. The highest BCUT2D eigenvalue weighted by Crippen LogP contribution is 2.39. The highest BCUT2D eigenvalue weighted by atomic mass is 16.7. The molecule has 2 aromatic rings. The van der Waals surface area contributed by atoms with Gasteiger partial charge in [0.2, 0.25) is 0 Å². The van der Waals surface area contributed by atoms with Gasteiger partial charge in [-0.05, 0) is 84.8 Å². The zero-order chi connectivity index (χ0) is 44.4. The van der Waals surface area contributed by atoms with Crippen LogP contribution in [-0.4, -0.2) is 135 Å². The second-order valence-corrected chi connectivity index (χ2v) is 17.4. The molecule has 3 heterocycles. The van der Waals surface area contributed by atoms with E-state index in [4.69, 9.17) is 28.5 Å². The van der Waals surface area contributed by atoms with Gasteiger partial charge in [-0.1, -0.05) is 57.1 Å². The Morgan fingerprint density at radius 3 is 2.33 bits per heavy atom. The van der Waals surface area contributed by atoms with Gasteiger partial charge >= 0.3 is 11.9 Å². The second kappa shape index (κ2) is 21.9. The molecule has 14 atom stereocenters. The molecule has 2 aliphatic heterocycles. The standard InChI is InChI=1S/C45H69N3O12/c1-11-35-45(8,54)40(51)29(4)37(47-56-22-16-21-55-33-18-13-12-14-19-33)27(2)25-44(7,53)41(60-43-38(50)34(48(9)10)23-28(3)57-43)30(5)39(31(6)42(52)58-35)59-36(49)24-32-17-15-20-46-26-32/h12-15,17-20,26-31,34-35,38-41,43,50-51,53-54H,11,16,21-25H2,1-10H3/b47-37+/t27-,28-,29-,30+,31-,34+,35+,38-,39+,40-,41-,43+,44?,45-/m1/s1. The monoisotopic (exact) mass is 843 g/mol. The molecule has 2 aliphatic rings. The molecule has 1 unspecified atom stereocenters. The van der Waals surface area contributed by atoms with E-state index in [2.05, 4.69) is 10.1 Å². The van der Waals surface area contributed by atoms with Crippen molar-refractivity contribution in [2.45, 2.75) is 148 Å². The lowest BCUT2D eigenvalue weighted by Gasteiger charge is -2.47. The average Bonchev–Trinajstić information content (AvgIpc) is 3.20. The maximum Gasteiger partial charge on any atom is 0.312 e. The SMILES string of the molecule is CC[C@@H]1OC(=O)[C@H](C)[C@@H](OC(=O)Cc2cccnc2)[C@H](C)[C@@H](O[C@@H]2O[C@H](C)C[C@H](N(C)C)[C@H]2O)C(C)(O)C[C@@H](C)/C(=N\OCCCOc2ccccc2)[C@@H](C)[C@@H](O)[C@]1(C)O. The van der Waals surface area contributed by atoms with Gasteiger partial charge < -0.3 is 53.8 Å². The van der Waals surface area contributed by atoms with Gasteiger partial charge in [-0.2, -0.15) is 0 Å². The van der Waals surface area contributed by atoms with Gasteiger partial charge in [-0.3, -0.25) is 14.6 Å². The minimum Gasteiger partial charge on any atom is -0.493 e. The number of rotatable bonds is 13. The van der Waals surface area contributed by atoms with Gasteiger partial charge in [0, 0.05) is 42.6 Å². The number of para-hydroxylation sites is 1. The fraction of sp³-hybridized carbons (Fsp3) is 0.689. The van der Waals surface area contributed by atoms with Crippen molar-refractivity contribution in [1.82, 2.24) is 9.88 Å². The number of carbonyl (C=O) groups excluding carboxylic acids is 2. The maximum absolute atomic E-state index is 14.2. The third-order valence-corrected chi connectivity index (χ3v) is 12.0. The van der Waals surface area contributed by atoms with Gasteiger partial charge in [-0.15, -0.1) is 0 Å². The van der Waals surface area contributed by atoms with Gasteiger partial charge in [0.15, 0.2) is 6.29 Å². The molecule has 15 nitrogen and oxygen atoms in total. The van der Waals surface area contributed by atoms with E-state index in [1.165, 1.54) is 6.92 Å². The number of esters is 2. The van der Waals surface area contributed by atoms with Gasteiger partial charge in [0.25, 0.3) is 0 Å². The largest absolute Gasteiger partial charge is 0.493 e. The molecule has 0 aliphatic carbocycles. The molecule has 0 saturated carbocycles. The number of hydrogen-bond acceptors (Lipinski definition) is 15. The number of oxime groups is 1.